The van der Waals surface area contributed by atoms with Gasteiger partial charge in [-0.25, -0.2) is 0 Å². The van der Waals surface area contributed by atoms with E-state index in [4.69, 9.17) is 5.73 Å². The lowest BCUT2D eigenvalue weighted by atomic mass is 10.2. The van der Waals surface area contributed by atoms with Crippen LogP contribution in [-0.4, -0.2) is 19.5 Å². The number of hydrogen-bond acceptors (Lipinski definition) is 3. The predicted molar refractivity (Wildman–Crippen MR) is 83.9 cm³/mol. The Hall–Kier alpha value is -2.49. The Labute approximate surface area is 119 Å². The fourth-order valence-electron chi connectivity index (χ4n) is 2.06. The van der Waals surface area contributed by atoms with Gasteiger partial charge in [-0.3, -0.25) is 4.79 Å². The first-order valence-corrected chi connectivity index (χ1v) is 6.48. The fraction of sp³-hybridized carbons (Fsp3) is 0.188. The summed E-state index contributed by atoms with van der Waals surface area (Å²) in [7, 11) is 1.91. The van der Waals surface area contributed by atoms with E-state index in [1.807, 2.05) is 43.1 Å². The molecule has 0 atom stereocenters. The highest BCUT2D eigenvalue weighted by Crippen LogP contribution is 2.17. The third-order valence-electron chi connectivity index (χ3n) is 3.10. The van der Waals surface area contributed by atoms with E-state index in [2.05, 4.69) is 5.32 Å². The Kier molecular flexibility index (Phi) is 4.25. The van der Waals surface area contributed by atoms with Crippen molar-refractivity contribution in [2.75, 3.05) is 29.5 Å². The summed E-state index contributed by atoms with van der Waals surface area (Å²) in [6.45, 7) is 2.33. The Balaban J connectivity index is 1.98. The van der Waals surface area contributed by atoms with Crippen molar-refractivity contribution in [2.45, 2.75) is 6.92 Å². The van der Waals surface area contributed by atoms with E-state index < -0.39 is 0 Å². The van der Waals surface area contributed by atoms with Gasteiger partial charge >= 0.3 is 0 Å². The number of aryl methyl sites for hydroxylation is 1. The molecule has 0 unspecified atom stereocenters. The molecule has 0 fully saturated rings. The monoisotopic (exact) mass is 269 g/mol. The Morgan fingerprint density at radius 2 is 1.80 bits per heavy atom. The number of anilines is 3. The smallest absolute Gasteiger partial charge is 0.243 e. The molecule has 20 heavy (non-hydrogen) atoms. The molecule has 0 radical (unpaired) electrons. The molecule has 4 heteroatoms. The topological polar surface area (TPSA) is 58.4 Å². The minimum Gasteiger partial charge on any atom is -0.399 e. The summed E-state index contributed by atoms with van der Waals surface area (Å²) in [5, 5.41) is 2.85. The average molecular weight is 269 g/mol. The zero-order valence-electron chi connectivity index (χ0n) is 11.8. The van der Waals surface area contributed by atoms with Crippen LogP contribution in [0.3, 0.4) is 0 Å². The molecule has 0 aliphatic rings. The van der Waals surface area contributed by atoms with Crippen LogP contribution in [0.15, 0.2) is 48.5 Å². The molecule has 4 nitrogen and oxygen atoms in total. The third-order valence-corrected chi connectivity index (χ3v) is 3.10. The van der Waals surface area contributed by atoms with Crippen LogP contribution in [0.1, 0.15) is 5.56 Å². The first-order valence-electron chi connectivity index (χ1n) is 6.48. The van der Waals surface area contributed by atoms with E-state index in [1.54, 1.807) is 24.3 Å². The average Bonchev–Trinajstić information content (AvgIpc) is 2.41. The zero-order chi connectivity index (χ0) is 14.5. The Bertz CT molecular complexity index is 593. The van der Waals surface area contributed by atoms with E-state index in [0.29, 0.717) is 12.2 Å². The number of benzene rings is 2. The lowest BCUT2D eigenvalue weighted by molar-refractivity contribution is -0.114. The van der Waals surface area contributed by atoms with Crippen LogP contribution in [0.2, 0.25) is 0 Å². The van der Waals surface area contributed by atoms with E-state index in [0.717, 1.165) is 16.9 Å². The maximum absolute atomic E-state index is 12.0. The van der Waals surface area contributed by atoms with E-state index >= 15 is 0 Å². The van der Waals surface area contributed by atoms with Crippen molar-refractivity contribution >= 4 is 23.0 Å². The predicted octanol–water partition coefficient (Wildman–Crippen LogP) is 2.65. The van der Waals surface area contributed by atoms with Gasteiger partial charge in [-0.05, 0) is 42.8 Å². The van der Waals surface area contributed by atoms with Crippen molar-refractivity contribution < 1.29 is 4.79 Å². The van der Waals surface area contributed by atoms with Gasteiger partial charge in [0.05, 0.1) is 6.54 Å². The number of para-hydroxylation sites is 1. The summed E-state index contributed by atoms with van der Waals surface area (Å²) in [5.74, 6) is -0.0551. The number of nitrogens with two attached hydrogens (primary N) is 1. The van der Waals surface area contributed by atoms with Crippen molar-refractivity contribution in [1.82, 2.24) is 0 Å². The molecule has 2 rings (SSSR count). The molecule has 3 N–H and O–H groups in total. The summed E-state index contributed by atoms with van der Waals surface area (Å²) in [4.78, 5) is 13.9. The van der Waals surface area contributed by atoms with Gasteiger partial charge in [-0.1, -0.05) is 18.2 Å². The van der Waals surface area contributed by atoms with E-state index in [9.17, 15) is 4.79 Å². The normalized spacial score (nSPS) is 10.1. The molecular weight excluding hydrogens is 250 g/mol. The van der Waals surface area contributed by atoms with Crippen LogP contribution in [0, 0.1) is 6.92 Å². The summed E-state index contributed by atoms with van der Waals surface area (Å²) < 4.78 is 0. The summed E-state index contributed by atoms with van der Waals surface area (Å²) in [6.07, 6.45) is 0. The highest BCUT2D eigenvalue weighted by molar-refractivity contribution is 5.94. The summed E-state index contributed by atoms with van der Waals surface area (Å²) in [5.41, 5.74) is 9.25. The van der Waals surface area contributed by atoms with Crippen molar-refractivity contribution in [3.8, 4) is 0 Å². The van der Waals surface area contributed by atoms with Crippen molar-refractivity contribution in [3.05, 3.63) is 54.1 Å². The van der Waals surface area contributed by atoms with Crippen molar-refractivity contribution in [3.63, 3.8) is 0 Å². The Morgan fingerprint density at radius 1 is 1.15 bits per heavy atom. The zero-order valence-corrected chi connectivity index (χ0v) is 11.8. The number of hydrogen-bond donors (Lipinski definition) is 2. The Morgan fingerprint density at radius 3 is 2.45 bits per heavy atom. The number of amides is 1. The van der Waals surface area contributed by atoms with Gasteiger partial charge < -0.3 is 16.0 Å². The minimum absolute atomic E-state index is 0.0551. The number of nitrogen functional groups attached to an aromatic ring is 1. The molecule has 2 aromatic carbocycles. The van der Waals surface area contributed by atoms with Gasteiger partial charge in [-0.2, -0.15) is 0 Å². The van der Waals surface area contributed by atoms with E-state index in [1.165, 1.54) is 0 Å². The second-order valence-electron chi connectivity index (χ2n) is 4.81. The quantitative estimate of drug-likeness (QED) is 0.839. The molecule has 0 spiro atoms. The van der Waals surface area contributed by atoms with E-state index in [-0.39, 0.29) is 5.91 Å². The van der Waals surface area contributed by atoms with Crippen molar-refractivity contribution in [1.29, 1.82) is 0 Å². The van der Waals surface area contributed by atoms with Crippen molar-refractivity contribution in [2.24, 2.45) is 0 Å². The molecule has 0 bridgehead atoms. The van der Waals surface area contributed by atoms with Crippen LogP contribution < -0.4 is 16.0 Å². The molecule has 0 saturated heterocycles. The first-order chi connectivity index (χ1) is 9.56. The van der Waals surface area contributed by atoms with Gasteiger partial charge in [0.2, 0.25) is 5.91 Å². The van der Waals surface area contributed by atoms with Gasteiger partial charge in [0.25, 0.3) is 0 Å². The first kappa shape index (κ1) is 13.9. The van der Waals surface area contributed by atoms with Crippen LogP contribution in [0.25, 0.3) is 0 Å². The number of nitrogens with one attached hydrogen (secondary N) is 1. The second kappa shape index (κ2) is 6.10. The molecule has 0 aromatic heterocycles. The minimum atomic E-state index is -0.0551. The lowest BCUT2D eigenvalue weighted by Crippen LogP contribution is -2.30. The van der Waals surface area contributed by atoms with Crippen LogP contribution in [0.4, 0.5) is 17.1 Å². The second-order valence-corrected chi connectivity index (χ2v) is 4.81. The highest BCUT2D eigenvalue weighted by atomic mass is 16.2. The standard InChI is InChI=1S/C16H19N3O/c1-12-5-3-4-6-15(12)19(2)11-16(20)18-14-9-7-13(17)8-10-14/h3-10H,11,17H2,1-2H3,(H,18,20). The molecule has 0 heterocycles. The van der Waals surface area contributed by atoms with Crippen LogP contribution >= 0.6 is 0 Å². The molecule has 1 amide bonds. The number of likely N-dealkylation sites (N-methyl/N-ethyl adjacent to an activating group) is 1. The fourth-order valence-corrected chi connectivity index (χ4v) is 2.06. The molecule has 0 saturated carbocycles. The largest absolute Gasteiger partial charge is 0.399 e. The van der Waals surface area contributed by atoms with Gasteiger partial charge in [0.15, 0.2) is 0 Å². The summed E-state index contributed by atoms with van der Waals surface area (Å²) >= 11 is 0. The highest BCUT2D eigenvalue weighted by Gasteiger charge is 2.09. The van der Waals surface area contributed by atoms with Crippen LogP contribution in [-0.2, 0) is 4.79 Å². The molecule has 104 valence electrons. The third kappa shape index (κ3) is 3.51. The molecule has 2 aromatic rings. The number of nitrogens with zero attached hydrogens (tertiary/aromatic N) is 1. The lowest BCUT2D eigenvalue weighted by Gasteiger charge is -2.20. The van der Waals surface area contributed by atoms with Gasteiger partial charge in [0.1, 0.15) is 0 Å². The number of carbonyl (C=O) groups excluding carboxylic acids is 1. The number of rotatable bonds is 4. The summed E-state index contributed by atoms with van der Waals surface area (Å²) in [6, 6.07) is 15.1. The van der Waals surface area contributed by atoms with Gasteiger partial charge in [0, 0.05) is 24.1 Å². The van der Waals surface area contributed by atoms with Gasteiger partial charge in [-0.15, -0.1) is 0 Å². The maximum atomic E-state index is 12.0. The SMILES string of the molecule is Cc1ccccc1N(C)CC(=O)Nc1ccc(N)cc1. The molecule has 0 aliphatic heterocycles. The maximum Gasteiger partial charge on any atom is 0.243 e. The number of carbonyl (C=O) groups is 1. The van der Waals surface area contributed by atoms with Crippen LogP contribution in [0.5, 0.6) is 0 Å². The molecular formula is C16H19N3O. The molecule has 0 aliphatic carbocycles.